The van der Waals surface area contributed by atoms with E-state index in [-0.39, 0.29) is 44.9 Å². The van der Waals surface area contributed by atoms with Gasteiger partial charge in [-0.2, -0.15) is 15.2 Å². The van der Waals surface area contributed by atoms with Crippen molar-refractivity contribution in [2.24, 2.45) is 11.7 Å². The van der Waals surface area contributed by atoms with Gasteiger partial charge in [0, 0.05) is 36.0 Å². The predicted molar refractivity (Wildman–Crippen MR) is 160 cm³/mol. The second-order valence-electron chi connectivity index (χ2n) is 11.7. The van der Waals surface area contributed by atoms with Crippen LogP contribution in [0.5, 0.6) is 6.01 Å². The van der Waals surface area contributed by atoms with Crippen LogP contribution in [0.3, 0.4) is 0 Å². The fourth-order valence-corrected chi connectivity index (χ4v) is 8.74. The van der Waals surface area contributed by atoms with Crippen LogP contribution in [0.1, 0.15) is 31.2 Å². The molecular formula is C30H30ClF3N6O2S. The Morgan fingerprint density at radius 2 is 2.05 bits per heavy atom. The summed E-state index contributed by atoms with van der Waals surface area (Å²) in [5, 5.41) is 9.72. The highest BCUT2D eigenvalue weighted by atomic mass is 35.5. The monoisotopic (exact) mass is 630 g/mol. The first-order valence-electron chi connectivity index (χ1n) is 14.4. The van der Waals surface area contributed by atoms with Gasteiger partial charge in [-0.15, -0.1) is 0 Å². The lowest BCUT2D eigenvalue weighted by atomic mass is 9.81. The van der Waals surface area contributed by atoms with Crippen LogP contribution in [0, 0.1) is 23.1 Å². The number of ether oxygens (including phenoxy) is 2. The molecule has 0 saturated carbocycles. The molecule has 0 amide bonds. The molecular weight excluding hydrogens is 601 g/mol. The third-order valence-corrected chi connectivity index (χ3v) is 10.8. The minimum absolute atomic E-state index is 0.0260. The summed E-state index contributed by atoms with van der Waals surface area (Å²) in [5.41, 5.74) is 6.68. The lowest BCUT2D eigenvalue weighted by Gasteiger charge is -2.29. The predicted octanol–water partition coefficient (Wildman–Crippen LogP) is 5.28. The Balaban J connectivity index is 0.000000283. The maximum atomic E-state index is 16.2. The standard InChI is InChI=1S/C23H18ClF2N5O2S.C7H12FN/c1-32-23-29-19-12(22(30-23)31-7-10-4-9(31)8-33-10)5-14(24)17(18(19)26)11-2-3-15(25)20-16(11)13(6-27)21(28)34-20;8-6-4-7-2-1-3-9(7)5-6/h2-3,5,9-10,16,20H,4,7-8,28H2,1H3;6-7H,1-5H2. The molecule has 13 heteroatoms. The number of allylic oxidation sites excluding steroid dienone is 4. The quantitative estimate of drug-likeness (QED) is 0.486. The van der Waals surface area contributed by atoms with Gasteiger partial charge >= 0.3 is 6.01 Å². The number of methoxy groups -OCH3 is 1. The van der Waals surface area contributed by atoms with Gasteiger partial charge in [0.05, 0.1) is 52.8 Å². The Kier molecular flexibility index (Phi) is 7.48. The topological polar surface area (TPSA) is 101 Å². The summed E-state index contributed by atoms with van der Waals surface area (Å²) in [6.45, 7) is 3.06. The van der Waals surface area contributed by atoms with Crippen LogP contribution in [-0.4, -0.2) is 77.8 Å². The van der Waals surface area contributed by atoms with Crippen molar-refractivity contribution >= 4 is 45.7 Å². The van der Waals surface area contributed by atoms with Crippen LogP contribution in [0.2, 0.25) is 5.02 Å². The molecule has 43 heavy (non-hydrogen) atoms. The first-order chi connectivity index (χ1) is 20.8. The third-order valence-electron chi connectivity index (χ3n) is 9.23. The second kappa shape index (κ2) is 11.2. The molecule has 6 heterocycles. The van der Waals surface area contributed by atoms with Crippen molar-refractivity contribution < 1.29 is 22.6 Å². The molecule has 8 rings (SSSR count). The van der Waals surface area contributed by atoms with E-state index in [4.69, 9.17) is 26.8 Å². The molecule has 1 aromatic carbocycles. The molecule has 1 aliphatic carbocycles. The first-order valence-corrected chi connectivity index (χ1v) is 15.7. The summed E-state index contributed by atoms with van der Waals surface area (Å²) in [6.07, 6.45) is 6.52. The molecule has 226 valence electrons. The zero-order valence-corrected chi connectivity index (χ0v) is 25.0. The van der Waals surface area contributed by atoms with E-state index in [9.17, 15) is 14.0 Å². The van der Waals surface area contributed by atoms with Crippen molar-refractivity contribution in [1.29, 1.82) is 5.26 Å². The lowest BCUT2D eigenvalue weighted by molar-refractivity contribution is 0.0989. The summed E-state index contributed by atoms with van der Waals surface area (Å²) in [4.78, 5) is 13.2. The van der Waals surface area contributed by atoms with Gasteiger partial charge in [-0.1, -0.05) is 29.4 Å². The van der Waals surface area contributed by atoms with Crippen LogP contribution in [0.4, 0.5) is 19.0 Å². The highest BCUT2D eigenvalue weighted by molar-refractivity contribution is 8.04. The van der Waals surface area contributed by atoms with Crippen molar-refractivity contribution in [3.8, 4) is 12.1 Å². The number of alkyl halides is 1. The van der Waals surface area contributed by atoms with Gasteiger partial charge in [-0.05, 0) is 49.9 Å². The summed E-state index contributed by atoms with van der Waals surface area (Å²) in [5.74, 6) is -1.33. The Morgan fingerprint density at radius 1 is 1.21 bits per heavy atom. The Morgan fingerprint density at radius 3 is 2.74 bits per heavy atom. The molecule has 0 radical (unpaired) electrons. The van der Waals surface area contributed by atoms with Crippen molar-refractivity contribution in [1.82, 2.24) is 14.9 Å². The average Bonchev–Trinajstić information content (AvgIpc) is 3.81. The van der Waals surface area contributed by atoms with Crippen molar-refractivity contribution in [3.63, 3.8) is 0 Å². The molecule has 4 fully saturated rings. The number of morpholine rings is 1. The number of fused-ring (bicyclic) bond motifs is 5. The molecule has 8 nitrogen and oxygen atoms in total. The van der Waals surface area contributed by atoms with Gasteiger partial charge in [-0.25, -0.2) is 13.2 Å². The maximum Gasteiger partial charge on any atom is 0.318 e. The lowest BCUT2D eigenvalue weighted by Crippen LogP contribution is -2.37. The van der Waals surface area contributed by atoms with E-state index in [0.29, 0.717) is 42.5 Å². The minimum atomic E-state index is -0.751. The number of nitrogens with two attached hydrogens (primary N) is 1. The summed E-state index contributed by atoms with van der Waals surface area (Å²) >= 11 is 7.72. The van der Waals surface area contributed by atoms with Gasteiger partial charge in [0.1, 0.15) is 23.3 Å². The smallest absolute Gasteiger partial charge is 0.318 e. The Bertz CT molecular complexity index is 1620. The highest BCUT2D eigenvalue weighted by Crippen LogP contribution is 2.53. The minimum Gasteiger partial charge on any atom is -0.467 e. The van der Waals surface area contributed by atoms with Gasteiger partial charge < -0.3 is 20.1 Å². The second-order valence-corrected chi connectivity index (χ2v) is 13.3. The number of thioether (sulfide) groups is 1. The largest absolute Gasteiger partial charge is 0.467 e. The summed E-state index contributed by atoms with van der Waals surface area (Å²) < 4.78 is 54.4. The van der Waals surface area contributed by atoms with Gasteiger partial charge in [0.25, 0.3) is 0 Å². The van der Waals surface area contributed by atoms with Gasteiger partial charge in [-0.3, -0.25) is 4.90 Å². The number of hydrogen-bond donors (Lipinski definition) is 1. The molecule has 4 saturated heterocycles. The first kappa shape index (κ1) is 28.8. The van der Waals surface area contributed by atoms with E-state index in [2.05, 4.69) is 25.8 Å². The van der Waals surface area contributed by atoms with Gasteiger partial charge in [0.2, 0.25) is 0 Å². The molecule has 2 aromatic rings. The number of benzene rings is 1. The molecule has 2 N–H and O–H groups in total. The van der Waals surface area contributed by atoms with E-state index in [0.717, 1.165) is 31.1 Å². The van der Waals surface area contributed by atoms with E-state index >= 15 is 4.39 Å². The number of anilines is 1. The highest BCUT2D eigenvalue weighted by Gasteiger charge is 2.44. The van der Waals surface area contributed by atoms with E-state index < -0.39 is 29.0 Å². The number of halogens is 4. The van der Waals surface area contributed by atoms with E-state index in [1.165, 1.54) is 32.1 Å². The number of rotatable bonds is 3. The molecule has 6 atom stereocenters. The molecule has 0 spiro atoms. The van der Waals surface area contributed by atoms with Crippen molar-refractivity contribution in [2.75, 3.05) is 38.3 Å². The van der Waals surface area contributed by atoms with Gasteiger partial charge in [0.15, 0.2) is 5.82 Å². The molecule has 6 unspecified atom stereocenters. The zero-order valence-electron chi connectivity index (χ0n) is 23.4. The zero-order chi connectivity index (χ0) is 30.0. The number of aromatic nitrogens is 2. The molecule has 2 bridgehead atoms. The van der Waals surface area contributed by atoms with Crippen LogP contribution >= 0.6 is 23.4 Å². The van der Waals surface area contributed by atoms with E-state index in [1.54, 1.807) is 6.07 Å². The van der Waals surface area contributed by atoms with Crippen LogP contribution < -0.4 is 15.4 Å². The Hall–Kier alpha value is -2.98. The average molecular weight is 631 g/mol. The summed E-state index contributed by atoms with van der Waals surface area (Å²) in [6, 6.07) is 4.45. The molecule has 5 aliphatic heterocycles. The Labute approximate surface area is 256 Å². The van der Waals surface area contributed by atoms with Crippen molar-refractivity contribution in [3.05, 3.63) is 51.1 Å². The number of hydrogen-bond acceptors (Lipinski definition) is 9. The van der Waals surface area contributed by atoms with Crippen LogP contribution in [0.15, 0.2) is 34.6 Å². The normalized spacial score (nSPS) is 31.0. The number of nitriles is 1. The SMILES string of the molecule is COc1nc(N2CC3CC2CO3)c2cc(Cl)c(C3=CC=C(F)C4SC(N)=C(C#N)C34)c(F)c2n1.FC1CC2CCCN2C1. The fraction of sp³-hybridized carbons (Fsp3) is 0.500. The molecule has 6 aliphatic rings. The van der Waals surface area contributed by atoms with Crippen LogP contribution in [-0.2, 0) is 4.74 Å². The maximum absolute atomic E-state index is 16.2. The van der Waals surface area contributed by atoms with Crippen molar-refractivity contribution in [2.45, 2.75) is 55.3 Å². The third kappa shape index (κ3) is 4.85. The number of nitrogens with zero attached hydrogens (tertiary/aromatic N) is 5. The fourth-order valence-electron chi connectivity index (χ4n) is 7.26. The summed E-state index contributed by atoms with van der Waals surface area (Å²) in [7, 11) is 1.42. The molecule has 1 aromatic heterocycles. The van der Waals surface area contributed by atoms with Crippen LogP contribution in [0.25, 0.3) is 16.5 Å². The van der Waals surface area contributed by atoms with E-state index in [1.807, 2.05) is 0 Å².